The lowest BCUT2D eigenvalue weighted by Crippen LogP contribution is -2.25. The number of amides is 1. The van der Waals surface area contributed by atoms with Crippen molar-refractivity contribution in [2.24, 2.45) is 0 Å². The second-order valence-corrected chi connectivity index (χ2v) is 6.47. The smallest absolute Gasteiger partial charge is 0.338 e. The molecule has 2 rings (SSSR count). The zero-order valence-corrected chi connectivity index (χ0v) is 15.4. The summed E-state index contributed by atoms with van der Waals surface area (Å²) in [4.78, 5) is 32.3. The second-order valence-electron chi connectivity index (χ2n) is 5.30. The van der Waals surface area contributed by atoms with Gasteiger partial charge in [0, 0.05) is 11.8 Å². The van der Waals surface area contributed by atoms with Crippen LogP contribution >= 0.6 is 11.8 Å². The molecule has 1 atom stereocenters. The molecule has 0 aliphatic carbocycles. The molecule has 8 nitrogen and oxygen atoms in total. The summed E-state index contributed by atoms with van der Waals surface area (Å²) < 4.78 is 4.93. The zero-order chi connectivity index (χ0) is 19.1. The Bertz CT molecular complexity index is 762. The lowest BCUT2D eigenvalue weighted by atomic mass is 10.2. The molecule has 5 N–H and O–H groups in total. The van der Waals surface area contributed by atoms with E-state index >= 15 is 0 Å². The maximum Gasteiger partial charge on any atom is 0.338 e. The van der Waals surface area contributed by atoms with Crippen LogP contribution in [-0.2, 0) is 9.53 Å². The van der Waals surface area contributed by atoms with Crippen LogP contribution in [0.4, 0.5) is 17.3 Å². The Morgan fingerprint density at radius 1 is 1.15 bits per heavy atom. The van der Waals surface area contributed by atoms with Crippen LogP contribution in [0, 0.1) is 0 Å². The number of nitrogen functional groups attached to an aromatic ring is 2. The highest BCUT2D eigenvalue weighted by atomic mass is 32.2. The van der Waals surface area contributed by atoms with Gasteiger partial charge in [0.25, 0.3) is 0 Å². The lowest BCUT2D eigenvalue weighted by molar-refractivity contribution is -0.115. The van der Waals surface area contributed by atoms with Gasteiger partial charge >= 0.3 is 5.97 Å². The number of ether oxygens (including phenoxy) is 1. The first-order chi connectivity index (χ1) is 12.4. The van der Waals surface area contributed by atoms with Crippen LogP contribution in [0.25, 0.3) is 0 Å². The molecular weight excluding hydrogens is 354 g/mol. The zero-order valence-electron chi connectivity index (χ0n) is 14.6. The van der Waals surface area contributed by atoms with Gasteiger partial charge in [-0.2, -0.15) is 0 Å². The fraction of sp³-hybridized carbons (Fsp3) is 0.294. The van der Waals surface area contributed by atoms with Crippen molar-refractivity contribution < 1.29 is 14.3 Å². The second kappa shape index (κ2) is 9.04. The van der Waals surface area contributed by atoms with E-state index in [1.54, 1.807) is 31.2 Å². The molecule has 0 spiro atoms. The van der Waals surface area contributed by atoms with E-state index in [-0.39, 0.29) is 17.5 Å². The molecule has 0 aliphatic rings. The highest BCUT2D eigenvalue weighted by Gasteiger charge is 2.20. The third-order valence-corrected chi connectivity index (χ3v) is 4.55. The number of carbonyl (C=O) groups excluding carboxylic acids is 2. The molecule has 1 aromatic heterocycles. The van der Waals surface area contributed by atoms with Crippen molar-refractivity contribution in [3.05, 3.63) is 35.9 Å². The molecule has 0 saturated heterocycles. The number of anilines is 3. The van der Waals surface area contributed by atoms with Crippen molar-refractivity contribution in [2.45, 2.75) is 30.7 Å². The standard InChI is InChI=1S/C17H21N5O3S/c1-3-12(26-17-21-13(18)9-14(19)22-17)15(23)20-11-7-5-10(6-8-11)16(24)25-4-2/h5-9,12H,3-4H2,1-2H3,(H,20,23)(H4,18,19,21,22). The van der Waals surface area contributed by atoms with Gasteiger partial charge < -0.3 is 21.5 Å². The van der Waals surface area contributed by atoms with Crippen molar-refractivity contribution in [2.75, 3.05) is 23.4 Å². The number of thioether (sulfide) groups is 1. The number of rotatable bonds is 7. The number of benzene rings is 1. The average molecular weight is 375 g/mol. The average Bonchev–Trinajstić information content (AvgIpc) is 2.59. The molecule has 1 amide bonds. The first-order valence-corrected chi connectivity index (χ1v) is 8.95. The summed E-state index contributed by atoms with van der Waals surface area (Å²) in [7, 11) is 0. The molecule has 1 heterocycles. The summed E-state index contributed by atoms with van der Waals surface area (Å²) >= 11 is 1.19. The van der Waals surface area contributed by atoms with Gasteiger partial charge in [0.15, 0.2) is 5.16 Å². The number of nitrogens with one attached hydrogen (secondary N) is 1. The molecule has 1 unspecified atom stereocenters. The quantitative estimate of drug-likeness (QED) is 0.381. The molecule has 0 saturated carbocycles. The number of hydrogen-bond acceptors (Lipinski definition) is 8. The van der Waals surface area contributed by atoms with Gasteiger partial charge in [-0.1, -0.05) is 18.7 Å². The van der Waals surface area contributed by atoms with Crippen LogP contribution in [0.15, 0.2) is 35.5 Å². The predicted molar refractivity (Wildman–Crippen MR) is 102 cm³/mol. The van der Waals surface area contributed by atoms with E-state index in [1.165, 1.54) is 17.8 Å². The van der Waals surface area contributed by atoms with Crippen LogP contribution in [0.3, 0.4) is 0 Å². The van der Waals surface area contributed by atoms with Gasteiger partial charge in [0.2, 0.25) is 5.91 Å². The minimum atomic E-state index is -0.416. The highest BCUT2D eigenvalue weighted by molar-refractivity contribution is 8.00. The Labute approximate surface area is 155 Å². The Kier molecular flexibility index (Phi) is 6.79. The number of nitrogens with zero attached hydrogens (tertiary/aromatic N) is 2. The molecule has 26 heavy (non-hydrogen) atoms. The molecule has 138 valence electrons. The van der Waals surface area contributed by atoms with E-state index < -0.39 is 11.2 Å². The summed E-state index contributed by atoms with van der Waals surface area (Å²) in [5.41, 5.74) is 12.3. The van der Waals surface area contributed by atoms with Crippen molar-refractivity contribution in [3.63, 3.8) is 0 Å². The maximum absolute atomic E-state index is 12.5. The number of carbonyl (C=O) groups is 2. The molecule has 0 radical (unpaired) electrons. The Hall–Kier alpha value is -2.81. The van der Waals surface area contributed by atoms with E-state index in [0.717, 1.165) is 0 Å². The summed E-state index contributed by atoms with van der Waals surface area (Å²) in [6.45, 7) is 3.94. The minimum absolute atomic E-state index is 0.203. The monoisotopic (exact) mass is 375 g/mol. The summed E-state index contributed by atoms with van der Waals surface area (Å²) in [6.07, 6.45) is 0.565. The first kappa shape index (κ1) is 19.5. The van der Waals surface area contributed by atoms with Crippen LogP contribution in [0.1, 0.15) is 30.6 Å². The lowest BCUT2D eigenvalue weighted by Gasteiger charge is -2.14. The molecule has 1 aromatic carbocycles. The van der Waals surface area contributed by atoms with E-state index in [0.29, 0.717) is 29.4 Å². The van der Waals surface area contributed by atoms with E-state index in [2.05, 4.69) is 15.3 Å². The van der Waals surface area contributed by atoms with Crippen molar-refractivity contribution in [1.82, 2.24) is 9.97 Å². The minimum Gasteiger partial charge on any atom is -0.462 e. The number of aromatic nitrogens is 2. The Morgan fingerprint density at radius 2 is 1.77 bits per heavy atom. The molecule has 9 heteroatoms. The largest absolute Gasteiger partial charge is 0.462 e. The Morgan fingerprint density at radius 3 is 2.31 bits per heavy atom. The van der Waals surface area contributed by atoms with Gasteiger partial charge in [-0.25, -0.2) is 14.8 Å². The van der Waals surface area contributed by atoms with E-state index in [9.17, 15) is 9.59 Å². The van der Waals surface area contributed by atoms with Crippen LogP contribution in [0.2, 0.25) is 0 Å². The van der Waals surface area contributed by atoms with E-state index in [1.807, 2.05) is 6.92 Å². The third-order valence-electron chi connectivity index (χ3n) is 3.32. The molecule has 0 bridgehead atoms. The topological polar surface area (TPSA) is 133 Å². The van der Waals surface area contributed by atoms with Gasteiger partial charge in [-0.15, -0.1) is 0 Å². The molecule has 0 fully saturated rings. The SMILES string of the molecule is CCOC(=O)c1ccc(NC(=O)C(CC)Sc2nc(N)cc(N)n2)cc1. The summed E-state index contributed by atoms with van der Waals surface area (Å²) in [6, 6.07) is 7.95. The fourth-order valence-electron chi connectivity index (χ4n) is 2.09. The molecular formula is C17H21N5O3S. The van der Waals surface area contributed by atoms with Crippen molar-refractivity contribution in [3.8, 4) is 0 Å². The first-order valence-electron chi connectivity index (χ1n) is 8.07. The predicted octanol–water partition coefficient (Wildman–Crippen LogP) is 2.33. The molecule has 2 aromatic rings. The third kappa shape index (κ3) is 5.35. The van der Waals surface area contributed by atoms with Gasteiger partial charge in [0.05, 0.1) is 17.4 Å². The number of esters is 1. The van der Waals surface area contributed by atoms with Gasteiger partial charge in [-0.3, -0.25) is 4.79 Å². The Balaban J connectivity index is 2.03. The fourth-order valence-corrected chi connectivity index (χ4v) is 2.99. The van der Waals surface area contributed by atoms with Crippen molar-refractivity contribution >= 4 is 41.0 Å². The summed E-state index contributed by atoms with van der Waals surface area (Å²) in [5.74, 6) is -0.0932. The van der Waals surface area contributed by atoms with Gasteiger partial charge in [0.1, 0.15) is 11.6 Å². The summed E-state index contributed by atoms with van der Waals surface area (Å²) in [5, 5.41) is 2.74. The normalized spacial score (nSPS) is 11.6. The maximum atomic E-state index is 12.5. The van der Waals surface area contributed by atoms with Crippen molar-refractivity contribution in [1.29, 1.82) is 0 Å². The van der Waals surface area contributed by atoms with Crippen LogP contribution in [-0.4, -0.2) is 33.7 Å². The van der Waals surface area contributed by atoms with Gasteiger partial charge in [-0.05, 0) is 37.6 Å². The van der Waals surface area contributed by atoms with Crippen LogP contribution in [0.5, 0.6) is 0 Å². The van der Waals surface area contributed by atoms with E-state index in [4.69, 9.17) is 16.2 Å². The number of hydrogen-bond donors (Lipinski definition) is 3. The highest BCUT2D eigenvalue weighted by Crippen LogP contribution is 2.25. The number of nitrogens with two attached hydrogens (primary N) is 2. The molecule has 0 aliphatic heterocycles. The van der Waals surface area contributed by atoms with Crippen LogP contribution < -0.4 is 16.8 Å².